The van der Waals surface area contributed by atoms with Gasteiger partial charge in [-0.1, -0.05) is 17.7 Å². The maximum atomic E-state index is 12.4. The highest BCUT2D eigenvalue weighted by Crippen LogP contribution is 2.19. The zero-order valence-corrected chi connectivity index (χ0v) is 12.8. The fourth-order valence-corrected chi connectivity index (χ4v) is 2.64. The molecular weight excluding hydrogens is 306 g/mol. The Bertz CT molecular complexity index is 660. The summed E-state index contributed by atoms with van der Waals surface area (Å²) in [6, 6.07) is 5.10. The monoisotopic (exact) mass is 321 g/mol. The van der Waals surface area contributed by atoms with Gasteiger partial charge in [0.1, 0.15) is 6.10 Å². The Balaban J connectivity index is 1.67. The number of aryl methyl sites for hydroxylation is 1. The second-order valence-corrected chi connectivity index (χ2v) is 5.60. The van der Waals surface area contributed by atoms with E-state index in [0.29, 0.717) is 29.5 Å². The number of hydrogen-bond acceptors (Lipinski definition) is 4. The van der Waals surface area contributed by atoms with Crippen molar-refractivity contribution in [3.05, 3.63) is 46.7 Å². The van der Waals surface area contributed by atoms with E-state index in [2.05, 4.69) is 15.5 Å². The molecule has 116 valence electrons. The zero-order valence-electron chi connectivity index (χ0n) is 12.0. The van der Waals surface area contributed by atoms with Crippen molar-refractivity contribution in [2.24, 2.45) is 0 Å². The molecule has 2 atom stereocenters. The first-order valence-corrected chi connectivity index (χ1v) is 7.31. The molecule has 7 heteroatoms. The van der Waals surface area contributed by atoms with Crippen molar-refractivity contribution in [2.75, 3.05) is 13.2 Å². The number of aromatic amines is 1. The van der Waals surface area contributed by atoms with Crippen molar-refractivity contribution in [1.82, 2.24) is 15.5 Å². The summed E-state index contributed by atoms with van der Waals surface area (Å²) in [5.41, 5.74) is 1.45. The first-order valence-electron chi connectivity index (χ1n) is 6.93. The lowest BCUT2D eigenvalue weighted by molar-refractivity contribution is 0.0904. The van der Waals surface area contributed by atoms with Crippen molar-refractivity contribution in [3.63, 3.8) is 0 Å². The summed E-state index contributed by atoms with van der Waals surface area (Å²) in [5.74, 6) is 0.379. The van der Waals surface area contributed by atoms with E-state index in [1.165, 1.54) is 0 Å². The average molecular weight is 322 g/mol. The third-order valence-corrected chi connectivity index (χ3v) is 3.79. The van der Waals surface area contributed by atoms with Crippen molar-refractivity contribution < 1.29 is 14.3 Å². The number of ether oxygens (including phenoxy) is 2. The maximum Gasteiger partial charge on any atom is 0.253 e. The van der Waals surface area contributed by atoms with Gasteiger partial charge in [0.05, 0.1) is 42.2 Å². The largest absolute Gasteiger partial charge is 0.482 e. The second-order valence-electron chi connectivity index (χ2n) is 5.19. The van der Waals surface area contributed by atoms with Crippen molar-refractivity contribution in [2.45, 2.75) is 19.1 Å². The molecule has 0 bridgehead atoms. The van der Waals surface area contributed by atoms with Crippen LogP contribution in [-0.2, 0) is 4.74 Å². The minimum absolute atomic E-state index is 0.235. The van der Waals surface area contributed by atoms with Crippen molar-refractivity contribution >= 4 is 17.5 Å². The summed E-state index contributed by atoms with van der Waals surface area (Å²) < 4.78 is 11.1. The Kier molecular flexibility index (Phi) is 4.31. The number of carbonyl (C=O) groups is 1. The summed E-state index contributed by atoms with van der Waals surface area (Å²) in [6.45, 7) is 2.74. The molecular formula is C15H16ClN3O3. The molecule has 2 heterocycles. The van der Waals surface area contributed by atoms with Crippen LogP contribution in [0.4, 0.5) is 0 Å². The summed E-state index contributed by atoms with van der Waals surface area (Å²) in [6.07, 6.45) is 2.97. The Morgan fingerprint density at radius 3 is 3.09 bits per heavy atom. The van der Waals surface area contributed by atoms with E-state index in [9.17, 15) is 4.79 Å². The van der Waals surface area contributed by atoms with E-state index in [-0.39, 0.29) is 18.1 Å². The molecule has 3 rings (SSSR count). The average Bonchev–Trinajstić information content (AvgIpc) is 3.12. The van der Waals surface area contributed by atoms with Crippen LogP contribution < -0.4 is 10.1 Å². The van der Waals surface area contributed by atoms with Crippen molar-refractivity contribution in [1.29, 1.82) is 0 Å². The highest BCUT2D eigenvalue weighted by molar-refractivity contribution is 6.33. The van der Waals surface area contributed by atoms with Gasteiger partial charge in [0.15, 0.2) is 5.75 Å². The number of H-pyrrole nitrogens is 1. The summed E-state index contributed by atoms with van der Waals surface area (Å²) >= 11 is 6.13. The first kappa shape index (κ1) is 14.9. The van der Waals surface area contributed by atoms with Crippen LogP contribution in [0.2, 0.25) is 5.02 Å². The first-order chi connectivity index (χ1) is 10.6. The van der Waals surface area contributed by atoms with Crippen molar-refractivity contribution in [3.8, 4) is 5.75 Å². The number of nitrogens with zero attached hydrogens (tertiary/aromatic N) is 1. The third kappa shape index (κ3) is 3.23. The quantitative estimate of drug-likeness (QED) is 0.902. The number of benzene rings is 1. The van der Waals surface area contributed by atoms with Crippen LogP contribution in [0.15, 0.2) is 30.6 Å². The molecule has 0 spiro atoms. The molecule has 1 amide bonds. The summed E-state index contributed by atoms with van der Waals surface area (Å²) in [7, 11) is 0. The molecule has 1 saturated heterocycles. The lowest BCUT2D eigenvalue weighted by Crippen LogP contribution is -2.45. The van der Waals surface area contributed by atoms with Crippen LogP contribution in [-0.4, -0.2) is 41.5 Å². The van der Waals surface area contributed by atoms with Crippen LogP contribution in [0.1, 0.15) is 15.9 Å². The molecule has 2 N–H and O–H groups in total. The third-order valence-electron chi connectivity index (χ3n) is 3.47. The standard InChI is InChI=1S/C15H16ClN3O3/c1-9-2-3-11(12(16)4-9)15(20)19-13-7-21-8-14(13)22-10-5-17-18-6-10/h2-6,13-14H,7-8H2,1H3,(H,17,18)(H,19,20)/t13-,14+/m0/s1. The fourth-order valence-electron chi connectivity index (χ4n) is 2.31. The zero-order chi connectivity index (χ0) is 15.5. The van der Waals surface area contributed by atoms with Gasteiger partial charge in [-0.05, 0) is 24.6 Å². The van der Waals surface area contributed by atoms with Gasteiger partial charge in [-0.15, -0.1) is 0 Å². The van der Waals surface area contributed by atoms with Gasteiger partial charge in [-0.2, -0.15) is 5.10 Å². The highest BCUT2D eigenvalue weighted by Gasteiger charge is 2.32. The minimum Gasteiger partial charge on any atom is -0.482 e. The molecule has 0 saturated carbocycles. The predicted molar refractivity (Wildman–Crippen MR) is 81.3 cm³/mol. The Morgan fingerprint density at radius 1 is 1.50 bits per heavy atom. The molecule has 6 nitrogen and oxygen atoms in total. The second kappa shape index (κ2) is 6.37. The SMILES string of the molecule is Cc1ccc(C(=O)N[C@H]2COC[C@H]2Oc2cn[nH]c2)c(Cl)c1. The Morgan fingerprint density at radius 2 is 2.36 bits per heavy atom. The molecule has 1 aliphatic rings. The molecule has 0 unspecified atom stereocenters. The Labute approximate surface area is 132 Å². The Hall–Kier alpha value is -2.05. The topological polar surface area (TPSA) is 76.2 Å². The van der Waals surface area contributed by atoms with E-state index in [4.69, 9.17) is 21.1 Å². The lowest BCUT2D eigenvalue weighted by atomic mass is 10.1. The van der Waals surface area contributed by atoms with E-state index in [1.807, 2.05) is 13.0 Å². The molecule has 1 aromatic heterocycles. The minimum atomic E-state index is -0.259. The number of rotatable bonds is 4. The summed E-state index contributed by atoms with van der Waals surface area (Å²) in [5, 5.41) is 9.85. The molecule has 0 radical (unpaired) electrons. The van der Waals surface area contributed by atoms with E-state index in [1.54, 1.807) is 24.5 Å². The maximum absolute atomic E-state index is 12.4. The van der Waals surface area contributed by atoms with Crippen LogP contribution in [0.3, 0.4) is 0 Å². The summed E-state index contributed by atoms with van der Waals surface area (Å²) in [4.78, 5) is 12.4. The van der Waals surface area contributed by atoms with Gasteiger partial charge in [0, 0.05) is 0 Å². The molecule has 0 aliphatic carbocycles. The van der Waals surface area contributed by atoms with Gasteiger partial charge in [0.25, 0.3) is 5.91 Å². The van der Waals surface area contributed by atoms with Crippen LogP contribution in [0.25, 0.3) is 0 Å². The predicted octanol–water partition coefficient (Wildman–Crippen LogP) is 1.95. The van der Waals surface area contributed by atoms with E-state index in [0.717, 1.165) is 5.56 Å². The fraction of sp³-hybridized carbons (Fsp3) is 0.333. The van der Waals surface area contributed by atoms with Crippen LogP contribution >= 0.6 is 11.6 Å². The van der Waals surface area contributed by atoms with Crippen LogP contribution in [0.5, 0.6) is 5.75 Å². The van der Waals surface area contributed by atoms with Gasteiger partial charge in [0.2, 0.25) is 0 Å². The number of aromatic nitrogens is 2. The number of amides is 1. The van der Waals surface area contributed by atoms with Gasteiger partial charge < -0.3 is 14.8 Å². The van der Waals surface area contributed by atoms with Gasteiger partial charge >= 0.3 is 0 Å². The number of hydrogen-bond donors (Lipinski definition) is 2. The molecule has 1 aliphatic heterocycles. The smallest absolute Gasteiger partial charge is 0.253 e. The highest BCUT2D eigenvalue weighted by atomic mass is 35.5. The normalized spacial score (nSPS) is 20.8. The van der Waals surface area contributed by atoms with Gasteiger partial charge in [-0.25, -0.2) is 0 Å². The number of nitrogens with one attached hydrogen (secondary N) is 2. The number of carbonyl (C=O) groups excluding carboxylic acids is 1. The molecule has 22 heavy (non-hydrogen) atoms. The molecule has 2 aromatic rings. The van der Waals surface area contributed by atoms with Crippen LogP contribution in [0, 0.1) is 6.92 Å². The van der Waals surface area contributed by atoms with E-state index < -0.39 is 0 Å². The molecule has 1 fully saturated rings. The molecule has 1 aromatic carbocycles. The number of halogens is 1. The lowest BCUT2D eigenvalue weighted by Gasteiger charge is -2.20. The van der Waals surface area contributed by atoms with Gasteiger partial charge in [-0.3, -0.25) is 9.89 Å². The van der Waals surface area contributed by atoms with E-state index >= 15 is 0 Å².